The fourth-order valence-electron chi connectivity index (χ4n) is 2.60. The van der Waals surface area contributed by atoms with Crippen molar-refractivity contribution in [2.24, 2.45) is 0 Å². The molecule has 1 aliphatic rings. The molecule has 1 aromatic carbocycles. The highest BCUT2D eigenvalue weighted by Crippen LogP contribution is 2.18. The molecule has 0 unspecified atom stereocenters. The van der Waals surface area contributed by atoms with E-state index in [2.05, 4.69) is 37.9 Å². The molecular formula is C15H21N5. The first-order valence-electron chi connectivity index (χ1n) is 7.31. The third-order valence-electron chi connectivity index (χ3n) is 3.72. The molecule has 1 fully saturated rings. The molecule has 0 bridgehead atoms. The van der Waals surface area contributed by atoms with Gasteiger partial charge in [-0.05, 0) is 13.0 Å². The van der Waals surface area contributed by atoms with Gasteiger partial charge in [-0.1, -0.05) is 24.3 Å². The van der Waals surface area contributed by atoms with Crippen molar-refractivity contribution in [3.63, 3.8) is 0 Å². The molecule has 0 saturated carbocycles. The van der Waals surface area contributed by atoms with E-state index < -0.39 is 0 Å². The molecule has 2 heterocycles. The normalized spacial score (nSPS) is 16.4. The van der Waals surface area contributed by atoms with Gasteiger partial charge < -0.3 is 15.5 Å². The lowest BCUT2D eigenvalue weighted by molar-refractivity contribution is 0.240. The fraction of sp³-hybridized carbons (Fsp3) is 0.467. The fourth-order valence-corrected chi connectivity index (χ4v) is 2.60. The SMILES string of the molecule is c1ccc2c(NCCCN3CCNCC3)nncc2c1. The molecule has 0 radical (unpaired) electrons. The first kappa shape index (κ1) is 13.3. The van der Waals surface area contributed by atoms with E-state index in [1.165, 1.54) is 0 Å². The van der Waals surface area contributed by atoms with Crippen LogP contribution in [0.1, 0.15) is 6.42 Å². The van der Waals surface area contributed by atoms with E-state index >= 15 is 0 Å². The molecule has 2 N–H and O–H groups in total. The summed E-state index contributed by atoms with van der Waals surface area (Å²) in [5, 5.41) is 17.3. The van der Waals surface area contributed by atoms with Crippen LogP contribution in [0, 0.1) is 0 Å². The van der Waals surface area contributed by atoms with E-state index in [1.54, 1.807) is 6.20 Å². The zero-order valence-corrected chi connectivity index (χ0v) is 11.7. The average molecular weight is 271 g/mol. The number of nitrogens with one attached hydrogen (secondary N) is 2. The number of hydrogen-bond donors (Lipinski definition) is 2. The largest absolute Gasteiger partial charge is 0.368 e. The van der Waals surface area contributed by atoms with Crippen molar-refractivity contribution in [3.05, 3.63) is 30.5 Å². The van der Waals surface area contributed by atoms with Gasteiger partial charge >= 0.3 is 0 Å². The zero-order chi connectivity index (χ0) is 13.6. The lowest BCUT2D eigenvalue weighted by Gasteiger charge is -2.27. The van der Waals surface area contributed by atoms with Gasteiger partial charge in [0.05, 0.1) is 6.20 Å². The van der Waals surface area contributed by atoms with Crippen LogP contribution in [0.2, 0.25) is 0 Å². The van der Waals surface area contributed by atoms with Gasteiger partial charge in [0.15, 0.2) is 5.82 Å². The molecule has 20 heavy (non-hydrogen) atoms. The summed E-state index contributed by atoms with van der Waals surface area (Å²) in [5.41, 5.74) is 0. The van der Waals surface area contributed by atoms with Crippen molar-refractivity contribution in [3.8, 4) is 0 Å². The van der Waals surface area contributed by atoms with Crippen LogP contribution < -0.4 is 10.6 Å². The molecule has 0 aliphatic carbocycles. The molecule has 0 spiro atoms. The lowest BCUT2D eigenvalue weighted by Crippen LogP contribution is -2.44. The molecule has 1 aliphatic heterocycles. The Kier molecular flexibility index (Phi) is 4.40. The molecule has 3 rings (SSSR count). The average Bonchev–Trinajstić information content (AvgIpc) is 2.53. The maximum atomic E-state index is 4.21. The summed E-state index contributed by atoms with van der Waals surface area (Å²) in [4.78, 5) is 2.51. The van der Waals surface area contributed by atoms with Crippen molar-refractivity contribution >= 4 is 16.6 Å². The van der Waals surface area contributed by atoms with Gasteiger partial charge in [0, 0.05) is 43.5 Å². The van der Waals surface area contributed by atoms with Gasteiger partial charge in [0.2, 0.25) is 0 Å². The molecule has 1 aromatic heterocycles. The minimum absolute atomic E-state index is 0.892. The predicted octanol–water partition coefficient (Wildman–Crippen LogP) is 1.34. The Morgan fingerprint density at radius 2 is 2.05 bits per heavy atom. The standard InChI is InChI=1S/C15H21N5/c1-2-5-14-13(4-1)12-18-19-15(14)17-6-3-9-20-10-7-16-8-11-20/h1-2,4-5,12,16H,3,6-11H2,(H,17,19). The molecule has 2 aromatic rings. The van der Waals surface area contributed by atoms with Crippen LogP contribution in [0.25, 0.3) is 10.8 Å². The number of aromatic nitrogens is 2. The summed E-state index contributed by atoms with van der Waals surface area (Å²) < 4.78 is 0. The van der Waals surface area contributed by atoms with E-state index in [-0.39, 0.29) is 0 Å². The summed E-state index contributed by atoms with van der Waals surface area (Å²) in [6.07, 6.45) is 2.94. The lowest BCUT2D eigenvalue weighted by atomic mass is 10.2. The van der Waals surface area contributed by atoms with Crippen LogP contribution in [-0.2, 0) is 0 Å². The van der Waals surface area contributed by atoms with Crippen molar-refractivity contribution in [2.45, 2.75) is 6.42 Å². The summed E-state index contributed by atoms with van der Waals surface area (Å²) >= 11 is 0. The Balaban J connectivity index is 1.52. The Bertz CT molecular complexity index is 545. The molecule has 5 nitrogen and oxygen atoms in total. The maximum Gasteiger partial charge on any atom is 0.156 e. The number of anilines is 1. The number of piperazine rings is 1. The Hall–Kier alpha value is -1.72. The molecule has 5 heteroatoms. The van der Waals surface area contributed by atoms with Crippen LogP contribution >= 0.6 is 0 Å². The van der Waals surface area contributed by atoms with Gasteiger partial charge in [0.25, 0.3) is 0 Å². The summed E-state index contributed by atoms with van der Waals surface area (Å²) in [5.74, 6) is 0.892. The molecule has 1 saturated heterocycles. The molecule has 0 amide bonds. The second-order valence-electron chi connectivity index (χ2n) is 5.15. The van der Waals surface area contributed by atoms with Crippen molar-refractivity contribution in [1.82, 2.24) is 20.4 Å². The van der Waals surface area contributed by atoms with Gasteiger partial charge in [0.1, 0.15) is 0 Å². The van der Waals surface area contributed by atoms with Gasteiger partial charge in [-0.3, -0.25) is 0 Å². The van der Waals surface area contributed by atoms with Crippen LogP contribution in [0.3, 0.4) is 0 Å². The number of hydrogen-bond acceptors (Lipinski definition) is 5. The van der Waals surface area contributed by atoms with Crippen LogP contribution in [0.5, 0.6) is 0 Å². The first-order chi connectivity index (χ1) is 9.93. The third-order valence-corrected chi connectivity index (χ3v) is 3.72. The highest BCUT2D eigenvalue weighted by Gasteiger charge is 2.08. The third kappa shape index (κ3) is 3.23. The smallest absolute Gasteiger partial charge is 0.156 e. The maximum absolute atomic E-state index is 4.21. The minimum atomic E-state index is 0.892. The Morgan fingerprint density at radius 1 is 1.20 bits per heavy atom. The first-order valence-corrected chi connectivity index (χ1v) is 7.31. The van der Waals surface area contributed by atoms with Crippen molar-refractivity contribution < 1.29 is 0 Å². The van der Waals surface area contributed by atoms with Gasteiger partial charge in [-0.15, -0.1) is 5.10 Å². The van der Waals surface area contributed by atoms with Crippen LogP contribution in [-0.4, -0.2) is 54.4 Å². The van der Waals surface area contributed by atoms with E-state index in [9.17, 15) is 0 Å². The highest BCUT2D eigenvalue weighted by atomic mass is 15.2. The van der Waals surface area contributed by atoms with E-state index in [4.69, 9.17) is 0 Å². The summed E-state index contributed by atoms with van der Waals surface area (Å²) in [6, 6.07) is 8.21. The predicted molar refractivity (Wildman–Crippen MR) is 82.0 cm³/mol. The Morgan fingerprint density at radius 3 is 2.95 bits per heavy atom. The zero-order valence-electron chi connectivity index (χ0n) is 11.7. The molecule has 106 valence electrons. The number of fused-ring (bicyclic) bond motifs is 1. The van der Waals surface area contributed by atoms with Gasteiger partial charge in [-0.2, -0.15) is 5.10 Å². The number of rotatable bonds is 5. The highest BCUT2D eigenvalue weighted by molar-refractivity contribution is 5.90. The second kappa shape index (κ2) is 6.63. The van der Waals surface area contributed by atoms with Gasteiger partial charge in [-0.25, -0.2) is 0 Å². The Labute approximate surface area is 119 Å². The van der Waals surface area contributed by atoms with E-state index in [0.717, 1.165) is 62.3 Å². The monoisotopic (exact) mass is 271 g/mol. The molecule has 0 atom stereocenters. The van der Waals surface area contributed by atoms with Crippen LogP contribution in [0.4, 0.5) is 5.82 Å². The summed E-state index contributed by atoms with van der Waals surface area (Å²) in [6.45, 7) is 6.63. The van der Waals surface area contributed by atoms with E-state index in [0.29, 0.717) is 0 Å². The number of nitrogens with zero attached hydrogens (tertiary/aromatic N) is 3. The second-order valence-corrected chi connectivity index (χ2v) is 5.15. The van der Waals surface area contributed by atoms with Crippen molar-refractivity contribution in [1.29, 1.82) is 0 Å². The van der Waals surface area contributed by atoms with Crippen molar-refractivity contribution in [2.75, 3.05) is 44.6 Å². The molecular weight excluding hydrogens is 250 g/mol. The topological polar surface area (TPSA) is 53.1 Å². The quantitative estimate of drug-likeness (QED) is 0.804. The summed E-state index contributed by atoms with van der Waals surface area (Å²) in [7, 11) is 0. The minimum Gasteiger partial charge on any atom is -0.368 e. The number of benzene rings is 1. The van der Waals surface area contributed by atoms with E-state index in [1.807, 2.05) is 12.1 Å². The van der Waals surface area contributed by atoms with Crippen LogP contribution in [0.15, 0.2) is 30.5 Å².